The lowest BCUT2D eigenvalue weighted by atomic mass is 9.96. The van der Waals surface area contributed by atoms with E-state index in [4.69, 9.17) is 11.6 Å². The van der Waals surface area contributed by atoms with Crippen molar-refractivity contribution in [3.05, 3.63) is 41.4 Å². The molecule has 1 aliphatic heterocycles. The highest BCUT2D eigenvalue weighted by Gasteiger charge is 2.27. The third-order valence-corrected chi connectivity index (χ3v) is 4.16. The molecule has 5 nitrogen and oxygen atoms in total. The lowest BCUT2D eigenvalue weighted by Crippen LogP contribution is -2.34. The fourth-order valence-electron chi connectivity index (χ4n) is 2.98. The van der Waals surface area contributed by atoms with Gasteiger partial charge in [0.15, 0.2) is 11.5 Å². The number of aromatic nitrogens is 4. The number of aryl methyl sites for hydroxylation is 1. The molecule has 0 fully saturated rings. The summed E-state index contributed by atoms with van der Waals surface area (Å²) >= 11 is 6.07. The van der Waals surface area contributed by atoms with Gasteiger partial charge in [0.05, 0.1) is 6.33 Å². The van der Waals surface area contributed by atoms with Crippen LogP contribution in [0.25, 0.3) is 11.2 Å². The van der Waals surface area contributed by atoms with Crippen LogP contribution < -0.4 is 4.90 Å². The summed E-state index contributed by atoms with van der Waals surface area (Å²) in [5.74, 6) is 0.794. The molecule has 1 aromatic carbocycles. The van der Waals surface area contributed by atoms with E-state index >= 15 is 0 Å². The summed E-state index contributed by atoms with van der Waals surface area (Å²) in [6.45, 7) is 2.20. The summed E-state index contributed by atoms with van der Waals surface area (Å²) in [4.78, 5) is 18.2. The summed E-state index contributed by atoms with van der Waals surface area (Å²) in [6, 6.07) is 8.77. The highest BCUT2D eigenvalue weighted by molar-refractivity contribution is 6.28. The Bertz CT molecular complexity index is 813. The van der Waals surface area contributed by atoms with Gasteiger partial charge in [-0.15, -0.1) is 0 Å². The number of fused-ring (bicyclic) bond motifs is 2. The summed E-state index contributed by atoms with van der Waals surface area (Å²) in [5, 5.41) is 0.222. The Hall–Kier alpha value is -2.14. The van der Waals surface area contributed by atoms with Gasteiger partial charge in [-0.1, -0.05) is 18.2 Å². The zero-order chi connectivity index (χ0) is 14.4. The van der Waals surface area contributed by atoms with Crippen molar-refractivity contribution < 1.29 is 0 Å². The number of hydrogen-bond acceptors (Lipinski definition) is 4. The maximum Gasteiger partial charge on any atom is 0.226 e. The zero-order valence-electron chi connectivity index (χ0n) is 11.5. The Kier molecular flexibility index (Phi) is 2.82. The Labute approximate surface area is 127 Å². The predicted octanol–water partition coefficient (Wildman–Crippen LogP) is 3.48. The second kappa shape index (κ2) is 4.70. The van der Waals surface area contributed by atoms with Crippen molar-refractivity contribution in [1.29, 1.82) is 0 Å². The van der Waals surface area contributed by atoms with E-state index in [-0.39, 0.29) is 5.28 Å². The van der Waals surface area contributed by atoms with Crippen LogP contribution in [0.5, 0.6) is 0 Å². The van der Waals surface area contributed by atoms with Crippen LogP contribution in [0, 0.1) is 0 Å². The third kappa shape index (κ3) is 1.96. The number of rotatable bonds is 1. The Morgan fingerprint density at radius 2 is 2.14 bits per heavy atom. The minimum absolute atomic E-state index is 0.222. The van der Waals surface area contributed by atoms with Crippen LogP contribution in [0.3, 0.4) is 0 Å². The highest BCUT2D eigenvalue weighted by atomic mass is 35.5. The van der Waals surface area contributed by atoms with Crippen molar-refractivity contribution in [3.8, 4) is 0 Å². The number of nitrogens with one attached hydrogen (secondary N) is 1. The number of H-pyrrole nitrogens is 1. The molecule has 3 heterocycles. The lowest BCUT2D eigenvalue weighted by Gasteiger charge is -2.36. The van der Waals surface area contributed by atoms with Gasteiger partial charge < -0.3 is 9.88 Å². The fraction of sp³-hybridized carbons (Fsp3) is 0.267. The molecule has 1 N–H and O–H groups in total. The first-order valence-corrected chi connectivity index (χ1v) is 7.35. The maximum absolute atomic E-state index is 6.07. The lowest BCUT2D eigenvalue weighted by molar-refractivity contribution is 0.614. The number of para-hydroxylation sites is 1. The molecule has 0 bridgehead atoms. The molecule has 4 rings (SSSR count). The van der Waals surface area contributed by atoms with E-state index in [0.29, 0.717) is 11.7 Å². The van der Waals surface area contributed by atoms with Gasteiger partial charge in [0.1, 0.15) is 5.52 Å². The van der Waals surface area contributed by atoms with Gasteiger partial charge in [0.2, 0.25) is 5.28 Å². The molecule has 6 heteroatoms. The second-order valence-electron chi connectivity index (χ2n) is 5.30. The van der Waals surface area contributed by atoms with Crippen LogP contribution in [0.4, 0.5) is 11.5 Å². The number of aromatic amines is 1. The van der Waals surface area contributed by atoms with Crippen LogP contribution >= 0.6 is 11.6 Å². The molecular formula is C15H14ClN5. The van der Waals surface area contributed by atoms with E-state index in [9.17, 15) is 0 Å². The van der Waals surface area contributed by atoms with E-state index in [0.717, 1.165) is 24.2 Å². The molecule has 0 saturated heterocycles. The molecule has 1 aliphatic rings. The maximum atomic E-state index is 6.07. The minimum atomic E-state index is 0.222. The average molecular weight is 300 g/mol. The fourth-order valence-corrected chi connectivity index (χ4v) is 3.14. The van der Waals surface area contributed by atoms with Crippen molar-refractivity contribution >= 4 is 34.3 Å². The Balaban J connectivity index is 1.97. The first-order chi connectivity index (χ1) is 10.2. The molecule has 0 saturated carbocycles. The first kappa shape index (κ1) is 12.6. The topological polar surface area (TPSA) is 57.7 Å². The number of nitrogens with zero attached hydrogens (tertiary/aromatic N) is 4. The highest BCUT2D eigenvalue weighted by Crippen LogP contribution is 2.38. The number of imidazole rings is 1. The average Bonchev–Trinajstić information content (AvgIpc) is 2.94. The smallest absolute Gasteiger partial charge is 0.226 e. The monoisotopic (exact) mass is 299 g/mol. The summed E-state index contributed by atoms with van der Waals surface area (Å²) in [6.07, 6.45) is 3.78. The molecule has 2 aromatic heterocycles. The molecule has 106 valence electrons. The quantitative estimate of drug-likeness (QED) is 0.699. The van der Waals surface area contributed by atoms with Gasteiger partial charge in [-0.25, -0.2) is 4.98 Å². The van der Waals surface area contributed by atoms with Crippen molar-refractivity contribution in [2.45, 2.75) is 25.8 Å². The largest absolute Gasteiger partial charge is 0.340 e. The molecule has 0 aliphatic carbocycles. The van der Waals surface area contributed by atoms with Gasteiger partial charge in [-0.3, -0.25) is 0 Å². The van der Waals surface area contributed by atoms with Gasteiger partial charge >= 0.3 is 0 Å². The van der Waals surface area contributed by atoms with Crippen LogP contribution in [-0.2, 0) is 6.42 Å². The normalized spacial score (nSPS) is 18.0. The van der Waals surface area contributed by atoms with E-state index < -0.39 is 0 Å². The Morgan fingerprint density at radius 1 is 1.29 bits per heavy atom. The van der Waals surface area contributed by atoms with Gasteiger partial charge in [-0.2, -0.15) is 9.97 Å². The van der Waals surface area contributed by atoms with Crippen molar-refractivity contribution in [1.82, 2.24) is 19.9 Å². The molecule has 0 radical (unpaired) electrons. The van der Waals surface area contributed by atoms with Crippen LogP contribution in [0.15, 0.2) is 30.6 Å². The molecule has 3 aromatic rings. The van der Waals surface area contributed by atoms with Crippen LogP contribution in [-0.4, -0.2) is 26.0 Å². The molecule has 21 heavy (non-hydrogen) atoms. The summed E-state index contributed by atoms with van der Waals surface area (Å²) in [5.41, 5.74) is 3.93. The van der Waals surface area contributed by atoms with Crippen LogP contribution in [0.2, 0.25) is 5.28 Å². The van der Waals surface area contributed by atoms with Crippen LogP contribution in [0.1, 0.15) is 18.9 Å². The van der Waals surface area contributed by atoms with Crippen molar-refractivity contribution in [2.75, 3.05) is 4.90 Å². The molecule has 1 atom stereocenters. The molecular weight excluding hydrogens is 286 g/mol. The van der Waals surface area contributed by atoms with Gasteiger partial charge in [0.25, 0.3) is 0 Å². The third-order valence-electron chi connectivity index (χ3n) is 3.99. The Morgan fingerprint density at radius 3 is 3.05 bits per heavy atom. The predicted molar refractivity (Wildman–Crippen MR) is 83.1 cm³/mol. The van der Waals surface area contributed by atoms with Crippen molar-refractivity contribution in [2.24, 2.45) is 0 Å². The van der Waals surface area contributed by atoms with Gasteiger partial charge in [0, 0.05) is 11.7 Å². The zero-order valence-corrected chi connectivity index (χ0v) is 12.3. The molecule has 1 unspecified atom stereocenters. The number of hydrogen-bond donors (Lipinski definition) is 1. The molecule has 0 amide bonds. The standard InChI is InChI=1S/C15H14ClN5/c1-9-6-7-10-4-2-3-5-11(10)21(9)14-12-13(18-8-17-12)19-15(16)20-14/h2-5,8-9H,6-7H2,1H3,(H,17,18,19,20). The number of halogens is 1. The minimum Gasteiger partial charge on any atom is -0.340 e. The first-order valence-electron chi connectivity index (χ1n) is 6.98. The van der Waals surface area contributed by atoms with E-state index in [1.165, 1.54) is 11.3 Å². The number of benzene rings is 1. The van der Waals surface area contributed by atoms with E-state index in [1.54, 1.807) is 6.33 Å². The molecule has 0 spiro atoms. The number of anilines is 2. The summed E-state index contributed by atoms with van der Waals surface area (Å²) < 4.78 is 0. The van der Waals surface area contributed by atoms with Crippen molar-refractivity contribution in [3.63, 3.8) is 0 Å². The van der Waals surface area contributed by atoms with E-state index in [1.807, 2.05) is 0 Å². The second-order valence-corrected chi connectivity index (χ2v) is 5.64. The van der Waals surface area contributed by atoms with E-state index in [2.05, 4.69) is 56.0 Å². The summed E-state index contributed by atoms with van der Waals surface area (Å²) in [7, 11) is 0. The van der Waals surface area contributed by atoms with Gasteiger partial charge in [-0.05, 0) is 43.0 Å². The SMILES string of the molecule is CC1CCc2ccccc2N1c1nc(Cl)nc2nc[nH]c12.